The van der Waals surface area contributed by atoms with E-state index in [1.807, 2.05) is 6.92 Å². The van der Waals surface area contributed by atoms with Crippen LogP contribution in [0.1, 0.15) is 30.9 Å². The van der Waals surface area contributed by atoms with Gasteiger partial charge < -0.3 is 5.11 Å². The highest BCUT2D eigenvalue weighted by atomic mass is 32.2. The molecule has 0 unspecified atom stereocenters. The fraction of sp³-hybridized carbons (Fsp3) is 0.538. The number of benzene rings is 1. The topological polar surface area (TPSA) is 57.6 Å². The summed E-state index contributed by atoms with van der Waals surface area (Å²) in [5, 5.41) is 8.94. The number of hydrogen-bond acceptors (Lipinski definition) is 3. The Labute approximate surface area is 108 Å². The molecule has 2 rings (SSSR count). The summed E-state index contributed by atoms with van der Waals surface area (Å²) in [6.07, 6.45) is 1.97. The lowest BCUT2D eigenvalue weighted by Gasteiger charge is -2.19. The van der Waals surface area contributed by atoms with Gasteiger partial charge in [-0.25, -0.2) is 8.42 Å². The SMILES string of the molecule is CCN(C1CC1)S(=O)(=O)Cc1ccc(CO)cc1. The molecule has 1 saturated carbocycles. The van der Waals surface area contributed by atoms with E-state index in [2.05, 4.69) is 0 Å². The molecule has 1 aliphatic carbocycles. The second kappa shape index (κ2) is 5.38. The summed E-state index contributed by atoms with van der Waals surface area (Å²) < 4.78 is 26.1. The average Bonchev–Trinajstić information content (AvgIpc) is 3.14. The maximum Gasteiger partial charge on any atom is 0.218 e. The Morgan fingerprint density at radius 3 is 2.22 bits per heavy atom. The second-order valence-electron chi connectivity index (χ2n) is 4.67. The molecule has 0 spiro atoms. The van der Waals surface area contributed by atoms with E-state index in [1.165, 1.54) is 0 Å². The molecule has 0 aromatic heterocycles. The molecule has 100 valence electrons. The predicted molar refractivity (Wildman–Crippen MR) is 70.4 cm³/mol. The van der Waals surface area contributed by atoms with Gasteiger partial charge in [-0.15, -0.1) is 0 Å². The first-order valence-electron chi connectivity index (χ1n) is 6.25. The van der Waals surface area contributed by atoms with Gasteiger partial charge in [-0.2, -0.15) is 4.31 Å². The summed E-state index contributed by atoms with van der Waals surface area (Å²) in [6, 6.07) is 7.28. The molecule has 0 aliphatic heterocycles. The molecule has 5 heteroatoms. The summed E-state index contributed by atoms with van der Waals surface area (Å²) in [5.74, 6) is 0.0447. The normalized spacial score (nSPS) is 16.2. The molecule has 0 amide bonds. The third-order valence-electron chi connectivity index (χ3n) is 3.18. The van der Waals surface area contributed by atoms with Crippen molar-refractivity contribution in [1.29, 1.82) is 0 Å². The van der Waals surface area contributed by atoms with E-state index < -0.39 is 10.0 Å². The van der Waals surface area contributed by atoms with Crippen LogP contribution in [0.4, 0.5) is 0 Å². The van der Waals surface area contributed by atoms with Crippen LogP contribution < -0.4 is 0 Å². The van der Waals surface area contributed by atoms with Crippen molar-refractivity contribution in [3.63, 3.8) is 0 Å². The Morgan fingerprint density at radius 2 is 1.78 bits per heavy atom. The minimum Gasteiger partial charge on any atom is -0.392 e. The van der Waals surface area contributed by atoms with Crippen molar-refractivity contribution in [2.24, 2.45) is 0 Å². The number of hydrogen-bond donors (Lipinski definition) is 1. The maximum atomic E-state index is 12.2. The molecule has 0 radical (unpaired) electrons. The van der Waals surface area contributed by atoms with Crippen molar-refractivity contribution >= 4 is 10.0 Å². The van der Waals surface area contributed by atoms with Crippen LogP contribution in [0.2, 0.25) is 0 Å². The third kappa shape index (κ3) is 3.10. The highest BCUT2D eigenvalue weighted by molar-refractivity contribution is 7.88. The molecule has 0 bridgehead atoms. The molecule has 0 heterocycles. The quantitative estimate of drug-likeness (QED) is 0.851. The monoisotopic (exact) mass is 269 g/mol. The first-order chi connectivity index (χ1) is 8.56. The van der Waals surface area contributed by atoms with E-state index in [1.54, 1.807) is 28.6 Å². The van der Waals surface area contributed by atoms with E-state index in [4.69, 9.17) is 5.11 Å². The Balaban J connectivity index is 2.10. The van der Waals surface area contributed by atoms with Crippen molar-refractivity contribution in [3.8, 4) is 0 Å². The van der Waals surface area contributed by atoms with Crippen molar-refractivity contribution < 1.29 is 13.5 Å². The van der Waals surface area contributed by atoms with Gasteiger partial charge in [0.2, 0.25) is 10.0 Å². The highest BCUT2D eigenvalue weighted by Gasteiger charge is 2.35. The van der Waals surface area contributed by atoms with Gasteiger partial charge in [-0.3, -0.25) is 0 Å². The first kappa shape index (κ1) is 13.5. The van der Waals surface area contributed by atoms with E-state index in [-0.39, 0.29) is 18.4 Å². The van der Waals surface area contributed by atoms with Crippen LogP contribution in [0.25, 0.3) is 0 Å². The van der Waals surface area contributed by atoms with E-state index >= 15 is 0 Å². The van der Waals surface area contributed by atoms with Gasteiger partial charge in [0, 0.05) is 12.6 Å². The lowest BCUT2D eigenvalue weighted by molar-refractivity contribution is 0.282. The van der Waals surface area contributed by atoms with Crippen molar-refractivity contribution in [3.05, 3.63) is 35.4 Å². The van der Waals surface area contributed by atoms with Crippen LogP contribution in [-0.2, 0) is 22.4 Å². The van der Waals surface area contributed by atoms with Gasteiger partial charge in [0.25, 0.3) is 0 Å². The average molecular weight is 269 g/mol. The van der Waals surface area contributed by atoms with Gasteiger partial charge in [-0.05, 0) is 24.0 Å². The molecule has 1 aromatic rings. The Kier molecular flexibility index (Phi) is 4.04. The smallest absolute Gasteiger partial charge is 0.218 e. The van der Waals surface area contributed by atoms with Crippen LogP contribution in [0.5, 0.6) is 0 Å². The van der Waals surface area contributed by atoms with Crippen LogP contribution >= 0.6 is 0 Å². The molecular formula is C13H19NO3S. The van der Waals surface area contributed by atoms with E-state index in [0.29, 0.717) is 6.54 Å². The molecular weight excluding hydrogens is 250 g/mol. The van der Waals surface area contributed by atoms with Crippen LogP contribution in [0.15, 0.2) is 24.3 Å². The number of sulfonamides is 1. The first-order valence-corrected chi connectivity index (χ1v) is 7.86. The fourth-order valence-electron chi connectivity index (χ4n) is 2.08. The van der Waals surface area contributed by atoms with Gasteiger partial charge in [-0.1, -0.05) is 31.2 Å². The molecule has 18 heavy (non-hydrogen) atoms. The van der Waals surface area contributed by atoms with Crippen LogP contribution in [0, 0.1) is 0 Å². The Bertz CT molecular complexity index is 491. The largest absolute Gasteiger partial charge is 0.392 e. The molecule has 1 aliphatic rings. The maximum absolute atomic E-state index is 12.2. The third-order valence-corrected chi connectivity index (χ3v) is 5.15. The molecule has 4 nitrogen and oxygen atoms in total. The van der Waals surface area contributed by atoms with Crippen LogP contribution in [-0.4, -0.2) is 30.4 Å². The molecule has 1 N–H and O–H groups in total. The minimum atomic E-state index is -3.21. The predicted octanol–water partition coefficient (Wildman–Crippen LogP) is 1.49. The van der Waals surface area contributed by atoms with Crippen molar-refractivity contribution in [2.75, 3.05) is 6.54 Å². The summed E-state index contributed by atoms with van der Waals surface area (Å²) in [4.78, 5) is 0. The summed E-state index contributed by atoms with van der Waals surface area (Å²) in [6.45, 7) is 2.41. The van der Waals surface area contributed by atoms with Gasteiger partial charge >= 0.3 is 0 Å². The van der Waals surface area contributed by atoms with Crippen LogP contribution in [0.3, 0.4) is 0 Å². The zero-order valence-corrected chi connectivity index (χ0v) is 11.4. The van der Waals surface area contributed by atoms with E-state index in [9.17, 15) is 8.42 Å². The number of nitrogens with zero attached hydrogens (tertiary/aromatic N) is 1. The van der Waals surface area contributed by atoms with Crippen molar-refractivity contribution in [1.82, 2.24) is 4.31 Å². The molecule has 0 atom stereocenters. The zero-order valence-electron chi connectivity index (χ0n) is 10.5. The molecule has 1 fully saturated rings. The lowest BCUT2D eigenvalue weighted by Crippen LogP contribution is -2.33. The highest BCUT2D eigenvalue weighted by Crippen LogP contribution is 2.30. The van der Waals surface area contributed by atoms with Gasteiger partial charge in [0.15, 0.2) is 0 Å². The second-order valence-corrected chi connectivity index (χ2v) is 6.59. The minimum absolute atomic E-state index is 0.0177. The number of aliphatic hydroxyl groups is 1. The molecule has 1 aromatic carbocycles. The molecule has 0 saturated heterocycles. The number of rotatable bonds is 6. The van der Waals surface area contributed by atoms with Crippen molar-refractivity contribution in [2.45, 2.75) is 38.2 Å². The van der Waals surface area contributed by atoms with E-state index in [0.717, 1.165) is 24.0 Å². The Morgan fingerprint density at radius 1 is 1.22 bits per heavy atom. The lowest BCUT2D eigenvalue weighted by atomic mass is 10.2. The standard InChI is InChI=1S/C13H19NO3S/c1-2-14(13-7-8-13)18(16,17)10-12-5-3-11(9-15)4-6-12/h3-6,13,15H,2,7-10H2,1H3. The Hall–Kier alpha value is -0.910. The zero-order chi connectivity index (χ0) is 13.2. The fourth-order valence-corrected chi connectivity index (χ4v) is 3.92. The summed E-state index contributed by atoms with van der Waals surface area (Å²) in [7, 11) is -3.21. The number of aliphatic hydroxyl groups excluding tert-OH is 1. The van der Waals surface area contributed by atoms with Gasteiger partial charge in [0.05, 0.1) is 12.4 Å². The summed E-state index contributed by atoms with van der Waals surface area (Å²) >= 11 is 0. The summed E-state index contributed by atoms with van der Waals surface area (Å²) in [5.41, 5.74) is 1.57. The van der Waals surface area contributed by atoms with Gasteiger partial charge in [0.1, 0.15) is 0 Å².